The van der Waals surface area contributed by atoms with Gasteiger partial charge in [0.15, 0.2) is 0 Å². The van der Waals surface area contributed by atoms with E-state index in [0.717, 1.165) is 17.9 Å². The molecule has 3 rings (SSSR count). The molecule has 0 atom stereocenters. The van der Waals surface area contributed by atoms with E-state index in [9.17, 15) is 4.39 Å². The van der Waals surface area contributed by atoms with E-state index in [1.807, 2.05) is 18.5 Å². The first kappa shape index (κ1) is 14.5. The van der Waals surface area contributed by atoms with Crippen molar-refractivity contribution < 1.29 is 4.39 Å². The Morgan fingerprint density at radius 2 is 2.14 bits per heavy atom. The van der Waals surface area contributed by atoms with Crippen molar-refractivity contribution in [3.05, 3.63) is 51.6 Å². The molecule has 0 unspecified atom stereocenters. The first-order valence-corrected chi connectivity index (χ1v) is 7.62. The molecule has 0 aliphatic heterocycles. The molecule has 2 aromatic rings. The molecule has 1 fully saturated rings. The van der Waals surface area contributed by atoms with Gasteiger partial charge in [-0.25, -0.2) is 4.39 Å². The second kappa shape index (κ2) is 5.78. The minimum atomic E-state index is -0.246. The van der Waals surface area contributed by atoms with E-state index in [2.05, 4.69) is 10.4 Å². The summed E-state index contributed by atoms with van der Waals surface area (Å²) >= 11 is 5.94. The molecule has 0 radical (unpaired) electrons. The Morgan fingerprint density at radius 3 is 2.86 bits per heavy atom. The van der Waals surface area contributed by atoms with Crippen molar-refractivity contribution in [2.75, 3.05) is 0 Å². The Labute approximate surface area is 129 Å². The Bertz CT molecular complexity index is 662. The highest BCUT2D eigenvalue weighted by atomic mass is 35.5. The Morgan fingerprint density at radius 1 is 1.38 bits per heavy atom. The average Bonchev–Trinajstić information content (AvgIpc) is 3.22. The standard InChI is InChI=1S/C16H19ClFN3/c1-10-15(8-19-14-4-5-14)11(2)21(20-10)9-12-7-13(17)3-6-16(12)18/h3,6-7,14,19H,4-5,8-9H2,1-2H3. The van der Waals surface area contributed by atoms with Gasteiger partial charge in [0.25, 0.3) is 0 Å². The second-order valence-corrected chi connectivity index (χ2v) is 6.13. The summed E-state index contributed by atoms with van der Waals surface area (Å²) in [7, 11) is 0. The SMILES string of the molecule is Cc1nn(Cc2cc(Cl)ccc2F)c(C)c1CNC1CC1. The van der Waals surface area contributed by atoms with Crippen molar-refractivity contribution in [1.82, 2.24) is 15.1 Å². The van der Waals surface area contributed by atoms with E-state index < -0.39 is 0 Å². The molecule has 1 aromatic carbocycles. The molecule has 21 heavy (non-hydrogen) atoms. The van der Waals surface area contributed by atoms with Crippen molar-refractivity contribution >= 4 is 11.6 Å². The van der Waals surface area contributed by atoms with Crippen LogP contribution in [-0.4, -0.2) is 15.8 Å². The lowest BCUT2D eigenvalue weighted by Gasteiger charge is -2.08. The summed E-state index contributed by atoms with van der Waals surface area (Å²) in [5.74, 6) is -0.246. The van der Waals surface area contributed by atoms with Gasteiger partial charge in [-0.3, -0.25) is 4.68 Å². The highest BCUT2D eigenvalue weighted by molar-refractivity contribution is 6.30. The lowest BCUT2D eigenvalue weighted by atomic mass is 10.2. The van der Waals surface area contributed by atoms with Crippen LogP contribution in [0, 0.1) is 19.7 Å². The summed E-state index contributed by atoms with van der Waals surface area (Å²) < 4.78 is 15.7. The molecule has 1 saturated carbocycles. The summed E-state index contributed by atoms with van der Waals surface area (Å²) in [5, 5.41) is 8.59. The normalized spacial score (nSPS) is 14.7. The smallest absolute Gasteiger partial charge is 0.128 e. The van der Waals surface area contributed by atoms with Crippen LogP contribution in [-0.2, 0) is 13.1 Å². The third-order valence-corrected chi connectivity index (χ3v) is 4.24. The first-order chi connectivity index (χ1) is 10.0. The van der Waals surface area contributed by atoms with Gasteiger partial charge >= 0.3 is 0 Å². The minimum Gasteiger partial charge on any atom is -0.310 e. The third kappa shape index (κ3) is 3.27. The zero-order valence-electron chi connectivity index (χ0n) is 12.3. The van der Waals surface area contributed by atoms with Crippen LogP contribution in [0.3, 0.4) is 0 Å². The van der Waals surface area contributed by atoms with Crippen LogP contribution >= 0.6 is 11.6 Å². The number of nitrogens with one attached hydrogen (secondary N) is 1. The van der Waals surface area contributed by atoms with Gasteiger partial charge in [0, 0.05) is 34.4 Å². The Balaban J connectivity index is 1.81. The summed E-state index contributed by atoms with van der Waals surface area (Å²) in [4.78, 5) is 0. The van der Waals surface area contributed by atoms with Crippen LogP contribution < -0.4 is 5.32 Å². The summed E-state index contributed by atoms with van der Waals surface area (Å²) in [6, 6.07) is 5.29. The summed E-state index contributed by atoms with van der Waals surface area (Å²) in [6.07, 6.45) is 2.53. The topological polar surface area (TPSA) is 29.9 Å². The van der Waals surface area contributed by atoms with Crippen LogP contribution in [0.2, 0.25) is 5.02 Å². The van der Waals surface area contributed by atoms with Crippen LogP contribution in [0.5, 0.6) is 0 Å². The molecule has 1 heterocycles. The highest BCUT2D eigenvalue weighted by Crippen LogP contribution is 2.22. The zero-order chi connectivity index (χ0) is 15.0. The first-order valence-electron chi connectivity index (χ1n) is 7.25. The molecule has 3 nitrogen and oxygen atoms in total. The fourth-order valence-corrected chi connectivity index (χ4v) is 2.70. The van der Waals surface area contributed by atoms with Crippen molar-refractivity contribution in [2.24, 2.45) is 0 Å². The van der Waals surface area contributed by atoms with Gasteiger partial charge in [-0.1, -0.05) is 11.6 Å². The molecule has 0 amide bonds. The maximum atomic E-state index is 13.8. The van der Waals surface area contributed by atoms with Gasteiger partial charge in [0.1, 0.15) is 5.82 Å². The number of hydrogen-bond donors (Lipinski definition) is 1. The molecule has 5 heteroatoms. The van der Waals surface area contributed by atoms with Crippen LogP contribution in [0.4, 0.5) is 4.39 Å². The number of nitrogens with zero attached hydrogens (tertiary/aromatic N) is 2. The van der Waals surface area contributed by atoms with E-state index >= 15 is 0 Å². The van der Waals surface area contributed by atoms with Crippen LogP contribution in [0.15, 0.2) is 18.2 Å². The lowest BCUT2D eigenvalue weighted by Crippen LogP contribution is -2.16. The van der Waals surface area contributed by atoms with Gasteiger partial charge < -0.3 is 5.32 Å². The van der Waals surface area contributed by atoms with Crippen molar-refractivity contribution in [1.29, 1.82) is 0 Å². The number of rotatable bonds is 5. The zero-order valence-corrected chi connectivity index (χ0v) is 13.0. The number of aryl methyl sites for hydroxylation is 1. The van der Waals surface area contributed by atoms with E-state index in [0.29, 0.717) is 23.2 Å². The summed E-state index contributed by atoms with van der Waals surface area (Å²) in [5.41, 5.74) is 3.86. The lowest BCUT2D eigenvalue weighted by molar-refractivity contribution is 0.578. The van der Waals surface area contributed by atoms with Gasteiger partial charge in [-0.15, -0.1) is 0 Å². The minimum absolute atomic E-state index is 0.246. The van der Waals surface area contributed by atoms with Crippen molar-refractivity contribution in [3.8, 4) is 0 Å². The van der Waals surface area contributed by atoms with Crippen LogP contribution in [0.1, 0.15) is 35.4 Å². The van der Waals surface area contributed by atoms with Gasteiger partial charge in [0.05, 0.1) is 12.2 Å². The van der Waals surface area contributed by atoms with E-state index in [1.54, 1.807) is 12.1 Å². The molecular weight excluding hydrogens is 289 g/mol. The quantitative estimate of drug-likeness (QED) is 0.915. The number of halogens is 2. The van der Waals surface area contributed by atoms with Crippen molar-refractivity contribution in [2.45, 2.75) is 45.8 Å². The highest BCUT2D eigenvalue weighted by Gasteiger charge is 2.21. The largest absolute Gasteiger partial charge is 0.310 e. The van der Waals surface area contributed by atoms with E-state index in [-0.39, 0.29) is 5.82 Å². The van der Waals surface area contributed by atoms with Gasteiger partial charge in [-0.2, -0.15) is 5.10 Å². The number of benzene rings is 1. The maximum absolute atomic E-state index is 13.8. The molecule has 0 spiro atoms. The van der Waals surface area contributed by atoms with E-state index in [1.165, 1.54) is 24.5 Å². The molecule has 0 saturated heterocycles. The predicted octanol–water partition coefficient (Wildman–Crippen LogP) is 3.59. The Kier molecular flexibility index (Phi) is 4.00. The molecule has 112 valence electrons. The molecular formula is C16H19ClFN3. The van der Waals surface area contributed by atoms with Gasteiger partial charge in [0.2, 0.25) is 0 Å². The summed E-state index contributed by atoms with van der Waals surface area (Å²) in [6.45, 7) is 5.27. The Hall–Kier alpha value is -1.39. The maximum Gasteiger partial charge on any atom is 0.128 e. The predicted molar refractivity (Wildman–Crippen MR) is 82.1 cm³/mol. The van der Waals surface area contributed by atoms with Crippen molar-refractivity contribution in [3.63, 3.8) is 0 Å². The number of hydrogen-bond acceptors (Lipinski definition) is 2. The van der Waals surface area contributed by atoms with Gasteiger partial charge in [-0.05, 0) is 44.9 Å². The molecule has 1 N–H and O–H groups in total. The molecule has 1 aromatic heterocycles. The number of aromatic nitrogens is 2. The fourth-order valence-electron chi connectivity index (χ4n) is 2.50. The monoisotopic (exact) mass is 307 g/mol. The molecule has 0 bridgehead atoms. The third-order valence-electron chi connectivity index (χ3n) is 4.00. The molecule has 1 aliphatic carbocycles. The fraction of sp³-hybridized carbons (Fsp3) is 0.438. The second-order valence-electron chi connectivity index (χ2n) is 5.70. The molecule has 1 aliphatic rings. The van der Waals surface area contributed by atoms with E-state index in [4.69, 9.17) is 11.6 Å². The average molecular weight is 308 g/mol. The van der Waals surface area contributed by atoms with Crippen LogP contribution in [0.25, 0.3) is 0 Å².